The fourth-order valence-electron chi connectivity index (χ4n) is 1.80. The molecular weight excluding hydrogens is 236 g/mol. The molecule has 0 saturated heterocycles. The van der Waals surface area contributed by atoms with E-state index in [1.54, 1.807) is 25.1 Å². The molecule has 18 heavy (non-hydrogen) atoms. The third kappa shape index (κ3) is 2.23. The van der Waals surface area contributed by atoms with Crippen molar-refractivity contribution in [1.82, 2.24) is 0 Å². The Balaban J connectivity index is 2.34. The van der Waals surface area contributed by atoms with Gasteiger partial charge in [-0.25, -0.2) is 4.79 Å². The first-order valence-electron chi connectivity index (χ1n) is 5.61. The van der Waals surface area contributed by atoms with E-state index in [-0.39, 0.29) is 18.8 Å². The SMILES string of the molecule is CC=C1C(=O)Oc2ccc(OCCO)cc2C1O. The zero-order valence-electron chi connectivity index (χ0n) is 9.92. The van der Waals surface area contributed by atoms with Crippen molar-refractivity contribution >= 4 is 5.97 Å². The summed E-state index contributed by atoms with van der Waals surface area (Å²) in [7, 11) is 0. The lowest BCUT2D eigenvalue weighted by atomic mass is 9.98. The largest absolute Gasteiger partial charge is 0.491 e. The number of aliphatic hydroxyl groups excluding tert-OH is 2. The standard InChI is InChI=1S/C13H14O5/c1-2-9-12(15)10-7-8(17-6-5-14)3-4-11(10)18-13(9)16/h2-4,7,12,14-15H,5-6H2,1H3. The quantitative estimate of drug-likeness (QED) is 0.474. The number of allylic oxidation sites excluding steroid dienone is 1. The first-order chi connectivity index (χ1) is 8.67. The average molecular weight is 250 g/mol. The predicted octanol–water partition coefficient (Wildman–Crippen LogP) is 0.956. The van der Waals surface area contributed by atoms with Crippen LogP contribution in [0, 0.1) is 0 Å². The molecule has 1 aliphatic rings. The van der Waals surface area contributed by atoms with E-state index in [0.717, 1.165) is 0 Å². The zero-order valence-corrected chi connectivity index (χ0v) is 9.92. The monoisotopic (exact) mass is 250 g/mol. The summed E-state index contributed by atoms with van der Waals surface area (Å²) in [6.07, 6.45) is 0.515. The fraction of sp³-hybridized carbons (Fsp3) is 0.308. The van der Waals surface area contributed by atoms with Crippen molar-refractivity contribution in [2.45, 2.75) is 13.0 Å². The van der Waals surface area contributed by atoms with Gasteiger partial charge in [-0.05, 0) is 25.1 Å². The molecule has 2 N–H and O–H groups in total. The number of rotatable bonds is 3. The summed E-state index contributed by atoms with van der Waals surface area (Å²) >= 11 is 0. The van der Waals surface area contributed by atoms with Crippen molar-refractivity contribution in [2.75, 3.05) is 13.2 Å². The van der Waals surface area contributed by atoms with Crippen molar-refractivity contribution in [1.29, 1.82) is 0 Å². The molecule has 0 bridgehead atoms. The molecule has 5 heteroatoms. The van der Waals surface area contributed by atoms with Crippen LogP contribution in [-0.2, 0) is 4.79 Å². The molecular formula is C13H14O5. The first-order valence-corrected chi connectivity index (χ1v) is 5.61. The molecule has 5 nitrogen and oxygen atoms in total. The number of esters is 1. The van der Waals surface area contributed by atoms with Gasteiger partial charge in [-0.1, -0.05) is 6.08 Å². The van der Waals surface area contributed by atoms with Gasteiger partial charge >= 0.3 is 5.97 Å². The number of carbonyl (C=O) groups excluding carboxylic acids is 1. The highest BCUT2D eigenvalue weighted by atomic mass is 16.5. The topological polar surface area (TPSA) is 76.0 Å². The number of ether oxygens (including phenoxy) is 2. The number of carbonyl (C=O) groups is 1. The summed E-state index contributed by atoms with van der Waals surface area (Å²) in [5.41, 5.74) is 0.694. The lowest BCUT2D eigenvalue weighted by Gasteiger charge is -2.23. The summed E-state index contributed by atoms with van der Waals surface area (Å²) in [5.74, 6) is 0.297. The molecule has 0 fully saturated rings. The maximum Gasteiger partial charge on any atom is 0.342 e. The Hall–Kier alpha value is -1.85. The molecule has 0 saturated carbocycles. The van der Waals surface area contributed by atoms with E-state index in [0.29, 0.717) is 17.1 Å². The Morgan fingerprint density at radius 1 is 1.50 bits per heavy atom. The lowest BCUT2D eigenvalue weighted by molar-refractivity contribution is -0.132. The number of benzene rings is 1. The third-order valence-corrected chi connectivity index (χ3v) is 2.68. The van der Waals surface area contributed by atoms with Gasteiger partial charge in [-0.15, -0.1) is 0 Å². The number of hydrogen-bond donors (Lipinski definition) is 2. The minimum absolute atomic E-state index is 0.0886. The molecule has 0 aromatic heterocycles. The Bertz CT molecular complexity index is 492. The molecule has 1 aromatic rings. The van der Waals surface area contributed by atoms with Crippen molar-refractivity contribution in [3.05, 3.63) is 35.4 Å². The summed E-state index contributed by atoms with van der Waals surface area (Å²) in [4.78, 5) is 11.5. The molecule has 0 amide bonds. The second-order valence-corrected chi connectivity index (χ2v) is 3.81. The summed E-state index contributed by atoms with van der Waals surface area (Å²) in [6, 6.07) is 4.79. The maximum absolute atomic E-state index is 11.5. The van der Waals surface area contributed by atoms with E-state index in [9.17, 15) is 9.90 Å². The fourth-order valence-corrected chi connectivity index (χ4v) is 1.80. The Kier molecular flexibility index (Phi) is 3.64. The van der Waals surface area contributed by atoms with Crippen LogP contribution in [0.2, 0.25) is 0 Å². The van der Waals surface area contributed by atoms with E-state index in [1.807, 2.05) is 0 Å². The Labute approximate surface area is 104 Å². The van der Waals surface area contributed by atoms with Crippen LogP contribution in [0.1, 0.15) is 18.6 Å². The highest BCUT2D eigenvalue weighted by molar-refractivity contribution is 5.93. The highest BCUT2D eigenvalue weighted by Gasteiger charge is 2.30. The van der Waals surface area contributed by atoms with Crippen LogP contribution in [0.5, 0.6) is 11.5 Å². The van der Waals surface area contributed by atoms with Gasteiger partial charge in [0.25, 0.3) is 0 Å². The average Bonchev–Trinajstić information content (AvgIpc) is 2.37. The second kappa shape index (κ2) is 5.20. The molecule has 0 radical (unpaired) electrons. The maximum atomic E-state index is 11.5. The molecule has 1 unspecified atom stereocenters. The van der Waals surface area contributed by atoms with Crippen LogP contribution < -0.4 is 9.47 Å². The van der Waals surface area contributed by atoms with Crippen molar-refractivity contribution in [2.24, 2.45) is 0 Å². The van der Waals surface area contributed by atoms with Crippen LogP contribution in [0.3, 0.4) is 0 Å². The van der Waals surface area contributed by atoms with E-state index in [2.05, 4.69) is 0 Å². The Morgan fingerprint density at radius 2 is 2.28 bits per heavy atom. The van der Waals surface area contributed by atoms with Gasteiger partial charge in [0.1, 0.15) is 24.2 Å². The van der Waals surface area contributed by atoms with Crippen LogP contribution >= 0.6 is 0 Å². The molecule has 96 valence electrons. The van der Waals surface area contributed by atoms with Crippen molar-refractivity contribution in [3.8, 4) is 11.5 Å². The van der Waals surface area contributed by atoms with Gasteiger partial charge < -0.3 is 19.7 Å². The number of hydrogen-bond acceptors (Lipinski definition) is 5. The van der Waals surface area contributed by atoms with E-state index < -0.39 is 12.1 Å². The predicted molar refractivity (Wildman–Crippen MR) is 63.4 cm³/mol. The van der Waals surface area contributed by atoms with Gasteiger partial charge in [0.05, 0.1) is 12.2 Å². The van der Waals surface area contributed by atoms with E-state index >= 15 is 0 Å². The summed E-state index contributed by atoms with van der Waals surface area (Å²) in [6.45, 7) is 1.75. The number of aliphatic hydroxyl groups is 2. The highest BCUT2D eigenvalue weighted by Crippen LogP contribution is 2.37. The molecule has 0 spiro atoms. The van der Waals surface area contributed by atoms with Crippen molar-refractivity contribution < 1.29 is 24.5 Å². The molecule has 1 heterocycles. The lowest BCUT2D eigenvalue weighted by Crippen LogP contribution is -2.23. The van der Waals surface area contributed by atoms with Crippen LogP contribution in [0.15, 0.2) is 29.8 Å². The van der Waals surface area contributed by atoms with E-state index in [1.165, 1.54) is 6.08 Å². The summed E-state index contributed by atoms with van der Waals surface area (Å²) in [5, 5.41) is 18.7. The van der Waals surface area contributed by atoms with Gasteiger partial charge in [-0.3, -0.25) is 0 Å². The molecule has 1 atom stereocenters. The van der Waals surface area contributed by atoms with Gasteiger partial charge in [0, 0.05) is 5.56 Å². The molecule has 1 aliphatic heterocycles. The second-order valence-electron chi connectivity index (χ2n) is 3.81. The smallest absolute Gasteiger partial charge is 0.342 e. The van der Waals surface area contributed by atoms with Gasteiger partial charge in [-0.2, -0.15) is 0 Å². The molecule has 1 aromatic carbocycles. The molecule has 0 aliphatic carbocycles. The van der Waals surface area contributed by atoms with Crippen molar-refractivity contribution in [3.63, 3.8) is 0 Å². The van der Waals surface area contributed by atoms with E-state index in [4.69, 9.17) is 14.6 Å². The minimum atomic E-state index is -1.01. The Morgan fingerprint density at radius 3 is 2.94 bits per heavy atom. The van der Waals surface area contributed by atoms with Crippen LogP contribution in [0.25, 0.3) is 0 Å². The first kappa shape index (κ1) is 12.6. The third-order valence-electron chi connectivity index (χ3n) is 2.68. The molecule has 2 rings (SSSR count). The number of fused-ring (bicyclic) bond motifs is 1. The summed E-state index contributed by atoms with van der Waals surface area (Å²) < 4.78 is 10.3. The van der Waals surface area contributed by atoms with Gasteiger partial charge in [0.15, 0.2) is 0 Å². The van der Waals surface area contributed by atoms with Crippen LogP contribution in [-0.4, -0.2) is 29.4 Å². The minimum Gasteiger partial charge on any atom is -0.491 e. The van der Waals surface area contributed by atoms with Crippen LogP contribution in [0.4, 0.5) is 0 Å². The normalized spacial score (nSPS) is 20.5. The van der Waals surface area contributed by atoms with Gasteiger partial charge in [0.2, 0.25) is 0 Å². The zero-order chi connectivity index (χ0) is 13.1.